The first-order chi connectivity index (χ1) is 14.8. The third kappa shape index (κ3) is 4.63. The normalized spacial score (nSPS) is 13.6. The number of pyridine rings is 1. The lowest BCUT2D eigenvalue weighted by atomic mass is 10.1. The fourth-order valence-electron chi connectivity index (χ4n) is 3.36. The molecule has 0 unspecified atom stereocenters. The highest BCUT2D eigenvalue weighted by Crippen LogP contribution is 2.25. The van der Waals surface area contributed by atoms with Gasteiger partial charge in [0.1, 0.15) is 5.82 Å². The third-order valence-corrected chi connectivity index (χ3v) is 5.75. The zero-order valence-electron chi connectivity index (χ0n) is 16.5. The molecule has 1 fully saturated rings. The maximum absolute atomic E-state index is 12.6. The van der Waals surface area contributed by atoms with E-state index in [1.807, 2.05) is 34.7 Å². The van der Waals surface area contributed by atoms with Crippen molar-refractivity contribution in [2.24, 2.45) is 0 Å². The van der Waals surface area contributed by atoms with Gasteiger partial charge in [-0.2, -0.15) is 0 Å². The molecule has 158 valence electrons. The van der Waals surface area contributed by atoms with Crippen molar-refractivity contribution in [1.29, 1.82) is 0 Å². The quantitative estimate of drug-likeness (QED) is 0.489. The molecule has 1 aromatic carbocycles. The number of piperazine rings is 1. The van der Waals surface area contributed by atoms with Crippen LogP contribution in [-0.2, 0) is 0 Å². The number of thiazole rings is 1. The molecule has 4 aromatic rings. The smallest absolute Gasteiger partial charge is 0.255 e. The molecule has 0 bridgehead atoms. The van der Waals surface area contributed by atoms with Crippen LogP contribution in [0.4, 0.5) is 11.8 Å². The highest BCUT2D eigenvalue weighted by atomic mass is 35.5. The summed E-state index contributed by atoms with van der Waals surface area (Å²) in [5.74, 6) is 1.03. The highest BCUT2D eigenvalue weighted by Gasteiger charge is 2.18. The van der Waals surface area contributed by atoms with Gasteiger partial charge in [-0.25, -0.2) is 19.9 Å². The van der Waals surface area contributed by atoms with Crippen molar-refractivity contribution in [2.75, 3.05) is 31.5 Å². The Morgan fingerprint density at radius 3 is 2.74 bits per heavy atom. The first-order valence-electron chi connectivity index (χ1n) is 9.66. The van der Waals surface area contributed by atoms with Crippen LogP contribution in [0.2, 0.25) is 0 Å². The Bertz CT molecular complexity index is 1190. The number of carbonyl (C=O) groups excluding carboxylic acids is 1. The van der Waals surface area contributed by atoms with Crippen LogP contribution < -0.4 is 10.6 Å². The molecule has 0 radical (unpaired) electrons. The third-order valence-electron chi connectivity index (χ3n) is 4.94. The van der Waals surface area contributed by atoms with Crippen LogP contribution in [0.25, 0.3) is 21.5 Å². The van der Waals surface area contributed by atoms with Crippen LogP contribution in [0.1, 0.15) is 10.4 Å². The number of hydrogen-bond acceptors (Lipinski definition) is 8. The lowest BCUT2D eigenvalue weighted by molar-refractivity contribution is 0.0735. The minimum Gasteiger partial charge on any atom is -0.336 e. The van der Waals surface area contributed by atoms with Gasteiger partial charge in [-0.3, -0.25) is 4.79 Å². The average molecular weight is 454 g/mol. The van der Waals surface area contributed by atoms with Crippen LogP contribution in [0.15, 0.2) is 54.3 Å². The second-order valence-electron chi connectivity index (χ2n) is 6.90. The van der Waals surface area contributed by atoms with E-state index in [0.717, 1.165) is 34.6 Å². The molecule has 4 heterocycles. The Balaban J connectivity index is 0.00000231. The predicted molar refractivity (Wildman–Crippen MR) is 124 cm³/mol. The summed E-state index contributed by atoms with van der Waals surface area (Å²) in [4.78, 5) is 32.0. The van der Waals surface area contributed by atoms with Gasteiger partial charge in [0.25, 0.3) is 5.91 Å². The number of rotatable bonds is 4. The van der Waals surface area contributed by atoms with Gasteiger partial charge in [0.2, 0.25) is 5.95 Å². The number of fused-ring (bicyclic) bond motifs is 1. The highest BCUT2D eigenvalue weighted by molar-refractivity contribution is 7.16. The lowest BCUT2D eigenvalue weighted by Gasteiger charge is -2.27. The number of benzene rings is 1. The van der Waals surface area contributed by atoms with Crippen molar-refractivity contribution in [3.8, 4) is 11.3 Å². The molecule has 10 heteroatoms. The summed E-state index contributed by atoms with van der Waals surface area (Å²) in [7, 11) is 0. The topological polar surface area (TPSA) is 95.9 Å². The van der Waals surface area contributed by atoms with Crippen molar-refractivity contribution in [3.63, 3.8) is 0 Å². The average Bonchev–Trinajstić information content (AvgIpc) is 3.28. The Labute approximate surface area is 189 Å². The molecule has 1 aliphatic heterocycles. The lowest BCUT2D eigenvalue weighted by Crippen LogP contribution is -2.46. The van der Waals surface area contributed by atoms with Gasteiger partial charge >= 0.3 is 0 Å². The predicted octanol–water partition coefficient (Wildman–Crippen LogP) is 3.36. The van der Waals surface area contributed by atoms with Gasteiger partial charge in [0, 0.05) is 44.1 Å². The summed E-state index contributed by atoms with van der Waals surface area (Å²) in [6.07, 6.45) is 3.30. The summed E-state index contributed by atoms with van der Waals surface area (Å²) in [6, 6.07) is 11.5. The first kappa shape index (κ1) is 21.1. The van der Waals surface area contributed by atoms with E-state index in [0.29, 0.717) is 30.4 Å². The van der Waals surface area contributed by atoms with E-state index >= 15 is 0 Å². The number of halogens is 1. The molecule has 31 heavy (non-hydrogen) atoms. The van der Waals surface area contributed by atoms with E-state index < -0.39 is 0 Å². The molecule has 1 amide bonds. The Kier molecular flexibility index (Phi) is 6.36. The summed E-state index contributed by atoms with van der Waals surface area (Å²) in [5, 5.41) is 6.35. The number of amides is 1. The molecule has 2 N–H and O–H groups in total. The van der Waals surface area contributed by atoms with Crippen LogP contribution in [0.3, 0.4) is 0 Å². The number of aromatic nitrogens is 4. The van der Waals surface area contributed by atoms with E-state index in [4.69, 9.17) is 0 Å². The Morgan fingerprint density at radius 2 is 1.94 bits per heavy atom. The zero-order chi connectivity index (χ0) is 20.3. The van der Waals surface area contributed by atoms with Gasteiger partial charge in [-0.15, -0.1) is 23.7 Å². The van der Waals surface area contributed by atoms with Crippen molar-refractivity contribution < 1.29 is 4.79 Å². The van der Waals surface area contributed by atoms with Crippen molar-refractivity contribution in [2.45, 2.75) is 0 Å². The monoisotopic (exact) mass is 453 g/mol. The fraction of sp³-hybridized carbons (Fsp3) is 0.190. The van der Waals surface area contributed by atoms with Crippen molar-refractivity contribution >= 4 is 51.6 Å². The first-order valence-corrected chi connectivity index (χ1v) is 10.5. The van der Waals surface area contributed by atoms with Crippen LogP contribution >= 0.6 is 23.7 Å². The van der Waals surface area contributed by atoms with Gasteiger partial charge in [-0.05, 0) is 30.3 Å². The number of anilines is 2. The maximum atomic E-state index is 12.6. The molecular formula is C21H20ClN7OS. The maximum Gasteiger partial charge on any atom is 0.255 e. The standard InChI is InChI=1S/C21H19N7OS.ClH/c29-20(28-9-7-22-8-10-28)15-2-4-19(24-12-15)27-21-23-6-5-16(26-21)14-1-3-18-17(11-14)25-13-30-18;/h1-6,11-13,22H,7-10H2,(H,23,24,26,27);1H. The molecule has 3 aromatic heterocycles. The molecule has 0 saturated carbocycles. The minimum atomic E-state index is 0. The molecule has 1 aliphatic rings. The van der Waals surface area contributed by atoms with E-state index in [9.17, 15) is 4.79 Å². The van der Waals surface area contributed by atoms with E-state index in [-0.39, 0.29) is 18.3 Å². The van der Waals surface area contributed by atoms with E-state index in [2.05, 4.69) is 30.6 Å². The van der Waals surface area contributed by atoms with Gasteiger partial charge in [0.15, 0.2) is 0 Å². The summed E-state index contributed by atoms with van der Waals surface area (Å²) >= 11 is 1.61. The zero-order valence-corrected chi connectivity index (χ0v) is 18.1. The molecule has 5 rings (SSSR count). The largest absolute Gasteiger partial charge is 0.336 e. The number of carbonyl (C=O) groups is 1. The Hall–Kier alpha value is -3.14. The van der Waals surface area contributed by atoms with Gasteiger partial charge in [-0.1, -0.05) is 6.07 Å². The molecule has 0 spiro atoms. The summed E-state index contributed by atoms with van der Waals surface area (Å²) in [5.41, 5.74) is 5.14. The SMILES string of the molecule is Cl.O=C(c1ccc(Nc2nccc(-c3ccc4scnc4c3)n2)nc1)N1CCNCC1. The summed E-state index contributed by atoms with van der Waals surface area (Å²) < 4.78 is 1.14. The second kappa shape index (κ2) is 9.34. The molecule has 0 aliphatic carbocycles. The van der Waals surface area contributed by atoms with E-state index in [1.165, 1.54) is 0 Å². The van der Waals surface area contributed by atoms with Crippen molar-refractivity contribution in [3.05, 3.63) is 59.9 Å². The summed E-state index contributed by atoms with van der Waals surface area (Å²) in [6.45, 7) is 3.07. The molecule has 0 atom stereocenters. The van der Waals surface area contributed by atoms with Crippen LogP contribution in [-0.4, -0.2) is 56.9 Å². The van der Waals surface area contributed by atoms with Crippen molar-refractivity contribution in [1.82, 2.24) is 30.2 Å². The fourth-order valence-corrected chi connectivity index (χ4v) is 4.02. The Morgan fingerprint density at radius 1 is 1.06 bits per heavy atom. The molecule has 8 nitrogen and oxygen atoms in total. The molecular weight excluding hydrogens is 434 g/mol. The number of nitrogens with one attached hydrogen (secondary N) is 2. The molecule has 1 saturated heterocycles. The van der Waals surface area contributed by atoms with Gasteiger partial charge in [0.05, 0.1) is 27.0 Å². The van der Waals surface area contributed by atoms with Gasteiger partial charge < -0.3 is 15.5 Å². The van der Waals surface area contributed by atoms with Crippen LogP contribution in [0.5, 0.6) is 0 Å². The number of hydrogen-bond donors (Lipinski definition) is 2. The van der Waals surface area contributed by atoms with E-state index in [1.54, 1.807) is 35.9 Å². The van der Waals surface area contributed by atoms with Crippen LogP contribution in [0, 0.1) is 0 Å². The number of nitrogens with zero attached hydrogens (tertiary/aromatic N) is 5. The minimum absolute atomic E-state index is 0. The second-order valence-corrected chi connectivity index (χ2v) is 7.79.